The second kappa shape index (κ2) is 13.3. The number of alkyl carbamates (subject to hydrolysis) is 1. The summed E-state index contributed by atoms with van der Waals surface area (Å²) in [5.41, 5.74) is -0.134. The molecule has 234 valence electrons. The molecule has 3 amide bonds. The minimum absolute atomic E-state index is 0.0102. The number of ether oxygens (including phenoxy) is 2. The van der Waals surface area contributed by atoms with Crippen molar-refractivity contribution in [1.82, 2.24) is 10.2 Å². The summed E-state index contributed by atoms with van der Waals surface area (Å²) in [4.78, 5) is 53.0. The highest BCUT2D eigenvalue weighted by Gasteiger charge is 2.55. The average Bonchev–Trinajstić information content (AvgIpc) is 3.23. The van der Waals surface area contributed by atoms with E-state index in [2.05, 4.69) is 5.32 Å². The molecule has 0 aliphatic carbocycles. The van der Waals surface area contributed by atoms with Gasteiger partial charge in [0.2, 0.25) is 0 Å². The third-order valence-corrected chi connectivity index (χ3v) is 12.6. The van der Waals surface area contributed by atoms with E-state index in [1.165, 1.54) is 0 Å². The third-order valence-electron chi connectivity index (χ3n) is 8.09. The van der Waals surface area contributed by atoms with Gasteiger partial charge in [0.05, 0.1) is 12.1 Å². The van der Waals surface area contributed by atoms with E-state index in [4.69, 9.17) is 9.47 Å². The Bertz CT molecular complexity index is 1390. The molecule has 1 saturated heterocycles. The quantitative estimate of drug-likeness (QED) is 0.309. The lowest BCUT2D eigenvalue weighted by atomic mass is 9.97. The Kier molecular flexibility index (Phi) is 9.97. The number of imide groups is 1. The van der Waals surface area contributed by atoms with Gasteiger partial charge < -0.3 is 24.7 Å². The van der Waals surface area contributed by atoms with Gasteiger partial charge in [-0.3, -0.25) is 4.79 Å². The molecule has 1 fully saturated rings. The molecule has 0 aromatic heterocycles. The van der Waals surface area contributed by atoms with Crippen molar-refractivity contribution < 1.29 is 33.8 Å². The normalized spacial score (nSPS) is 19.0. The molecule has 0 radical (unpaired) electrons. The molecule has 1 heterocycles. The van der Waals surface area contributed by atoms with Gasteiger partial charge in [0, 0.05) is 0 Å². The van der Waals surface area contributed by atoms with Crippen LogP contribution in [0.5, 0.6) is 0 Å². The standard InChI is InChI=1S/C34H42N2O7Si/c1-33(2,3)43-32(40)36-27(28(29(37)30(36)38)35-31(39)42-23-24-15-9-6-10-16-24)21-22-34(4,5)44(41,25-17-11-7-12-18-25)26-19-13-8-14-20-26/h6-20,27-29,37,41H,21-23H2,1-5H3,(H,35,39)/t27-,28-,29-/m1/s1. The van der Waals surface area contributed by atoms with Crippen LogP contribution in [-0.2, 0) is 20.9 Å². The summed E-state index contributed by atoms with van der Waals surface area (Å²) in [6, 6.07) is 26.0. The van der Waals surface area contributed by atoms with Crippen molar-refractivity contribution in [3.8, 4) is 0 Å². The number of benzene rings is 3. The van der Waals surface area contributed by atoms with Gasteiger partial charge in [-0.25, -0.2) is 14.5 Å². The summed E-state index contributed by atoms with van der Waals surface area (Å²) in [7, 11) is -3.42. The molecule has 4 rings (SSSR count). The lowest BCUT2D eigenvalue weighted by Crippen LogP contribution is -2.65. The number of likely N-dealkylation sites (tertiary alicyclic amines) is 1. The van der Waals surface area contributed by atoms with Crippen LogP contribution in [0.15, 0.2) is 91.0 Å². The lowest BCUT2D eigenvalue weighted by molar-refractivity contribution is -0.134. The van der Waals surface area contributed by atoms with E-state index < -0.39 is 55.2 Å². The summed E-state index contributed by atoms with van der Waals surface area (Å²) < 4.78 is 10.9. The van der Waals surface area contributed by atoms with Gasteiger partial charge in [0.25, 0.3) is 14.2 Å². The lowest BCUT2D eigenvalue weighted by Gasteiger charge is -2.42. The molecular weight excluding hydrogens is 576 g/mol. The molecule has 0 spiro atoms. The third kappa shape index (κ3) is 7.20. The van der Waals surface area contributed by atoms with Crippen LogP contribution in [0.1, 0.15) is 53.0 Å². The molecule has 1 aliphatic heterocycles. The van der Waals surface area contributed by atoms with Gasteiger partial charge in [-0.15, -0.1) is 0 Å². The van der Waals surface area contributed by atoms with Gasteiger partial charge in [-0.1, -0.05) is 105 Å². The first-order chi connectivity index (χ1) is 20.7. The van der Waals surface area contributed by atoms with Crippen molar-refractivity contribution >= 4 is 36.8 Å². The van der Waals surface area contributed by atoms with Gasteiger partial charge in [0.15, 0.2) is 6.10 Å². The van der Waals surface area contributed by atoms with Crippen molar-refractivity contribution in [3.05, 3.63) is 96.6 Å². The van der Waals surface area contributed by atoms with Crippen LogP contribution in [0.4, 0.5) is 9.59 Å². The predicted octanol–water partition coefficient (Wildman–Crippen LogP) is 4.10. The zero-order valence-corrected chi connectivity index (χ0v) is 26.9. The Labute approximate surface area is 259 Å². The van der Waals surface area contributed by atoms with Crippen molar-refractivity contribution in [3.63, 3.8) is 0 Å². The molecule has 0 saturated carbocycles. The smallest absolute Gasteiger partial charge is 0.417 e. The molecule has 3 N–H and O–H groups in total. The number of hydrogen-bond acceptors (Lipinski definition) is 7. The van der Waals surface area contributed by atoms with E-state index in [-0.39, 0.29) is 13.0 Å². The first-order valence-corrected chi connectivity index (χ1v) is 16.7. The number of carbonyl (C=O) groups excluding carboxylic acids is 3. The number of nitrogens with zero attached hydrogens (tertiary/aromatic N) is 1. The van der Waals surface area contributed by atoms with Crippen LogP contribution in [0.3, 0.4) is 0 Å². The van der Waals surface area contributed by atoms with Crippen LogP contribution >= 0.6 is 0 Å². The maximum Gasteiger partial charge on any atom is 0.417 e. The van der Waals surface area contributed by atoms with Crippen molar-refractivity contribution in [1.29, 1.82) is 0 Å². The van der Waals surface area contributed by atoms with E-state index in [0.717, 1.165) is 20.8 Å². The fourth-order valence-corrected chi connectivity index (χ4v) is 9.50. The fourth-order valence-electron chi connectivity index (χ4n) is 5.75. The zero-order chi connectivity index (χ0) is 32.1. The molecule has 9 nitrogen and oxygen atoms in total. The minimum atomic E-state index is -3.42. The summed E-state index contributed by atoms with van der Waals surface area (Å²) >= 11 is 0. The van der Waals surface area contributed by atoms with E-state index in [1.54, 1.807) is 32.9 Å². The Morgan fingerprint density at radius 1 is 0.864 bits per heavy atom. The highest BCUT2D eigenvalue weighted by atomic mass is 28.4. The minimum Gasteiger partial charge on any atom is -0.445 e. The van der Waals surface area contributed by atoms with E-state index in [0.29, 0.717) is 6.42 Å². The molecule has 0 bridgehead atoms. The summed E-state index contributed by atoms with van der Waals surface area (Å²) in [6.45, 7) is 8.98. The molecule has 44 heavy (non-hydrogen) atoms. The molecular formula is C34H42N2O7Si. The molecule has 0 unspecified atom stereocenters. The Hall–Kier alpha value is -3.99. The number of aliphatic hydroxyl groups is 1. The average molecular weight is 619 g/mol. The van der Waals surface area contributed by atoms with Crippen LogP contribution in [0.2, 0.25) is 5.04 Å². The number of amides is 3. The molecule has 3 atom stereocenters. The van der Waals surface area contributed by atoms with Gasteiger partial charge in [-0.05, 0) is 54.6 Å². The first kappa shape index (κ1) is 32.9. The van der Waals surface area contributed by atoms with Gasteiger partial charge >= 0.3 is 12.2 Å². The van der Waals surface area contributed by atoms with Crippen LogP contribution in [0.25, 0.3) is 0 Å². The highest BCUT2D eigenvalue weighted by molar-refractivity contribution is 6.98. The summed E-state index contributed by atoms with van der Waals surface area (Å²) in [6.07, 6.45) is -2.92. The number of rotatable bonds is 9. The number of nitrogens with one attached hydrogen (secondary N) is 1. The maximum atomic E-state index is 13.3. The molecule has 10 heteroatoms. The second-order valence-electron chi connectivity index (χ2n) is 12.8. The zero-order valence-electron chi connectivity index (χ0n) is 25.9. The van der Waals surface area contributed by atoms with E-state index in [9.17, 15) is 24.3 Å². The second-order valence-corrected chi connectivity index (χ2v) is 16.7. The maximum absolute atomic E-state index is 13.3. The number of carbonyl (C=O) groups is 3. The fraction of sp³-hybridized carbons (Fsp3) is 0.382. The molecule has 3 aromatic rings. The van der Waals surface area contributed by atoms with Gasteiger partial charge in [-0.2, -0.15) is 0 Å². The monoisotopic (exact) mass is 618 g/mol. The topological polar surface area (TPSA) is 125 Å². The Morgan fingerprint density at radius 2 is 1.36 bits per heavy atom. The largest absolute Gasteiger partial charge is 0.445 e. The number of hydrogen-bond donors (Lipinski definition) is 3. The van der Waals surface area contributed by atoms with Crippen LogP contribution in [-0.4, -0.2) is 65.0 Å². The molecule has 1 aliphatic rings. The van der Waals surface area contributed by atoms with Crippen molar-refractivity contribution in [2.24, 2.45) is 0 Å². The Morgan fingerprint density at radius 3 is 1.86 bits per heavy atom. The Balaban J connectivity index is 1.63. The van der Waals surface area contributed by atoms with Crippen molar-refractivity contribution in [2.75, 3.05) is 0 Å². The first-order valence-electron chi connectivity index (χ1n) is 14.8. The van der Waals surface area contributed by atoms with Crippen LogP contribution in [0, 0.1) is 0 Å². The summed E-state index contributed by atoms with van der Waals surface area (Å²) in [5, 5.41) is 14.6. The summed E-state index contributed by atoms with van der Waals surface area (Å²) in [5.74, 6) is -0.867. The van der Waals surface area contributed by atoms with Crippen molar-refractivity contribution in [2.45, 2.75) is 82.9 Å². The number of aliphatic hydroxyl groups excluding tert-OH is 1. The van der Waals surface area contributed by atoms with E-state index in [1.807, 2.05) is 92.7 Å². The highest BCUT2D eigenvalue weighted by Crippen LogP contribution is 2.42. The van der Waals surface area contributed by atoms with Crippen LogP contribution < -0.4 is 15.7 Å². The predicted molar refractivity (Wildman–Crippen MR) is 170 cm³/mol. The van der Waals surface area contributed by atoms with E-state index >= 15 is 0 Å². The molecule has 3 aromatic carbocycles. The SMILES string of the molecule is CC(C)(C)OC(=O)N1C(=O)[C@H](O)[C@H](NC(=O)OCc2ccccc2)[C@H]1CCC(C)(C)[Si](O)(c1ccccc1)c1ccccc1. The van der Waals surface area contributed by atoms with Gasteiger partial charge in [0.1, 0.15) is 12.2 Å².